The summed E-state index contributed by atoms with van der Waals surface area (Å²) in [5.74, 6) is 1.24. The third kappa shape index (κ3) is 4.90. The quantitative estimate of drug-likeness (QED) is 0.656. The molecule has 0 aliphatic rings. The van der Waals surface area contributed by atoms with Crippen LogP contribution >= 0.6 is 0 Å². The third-order valence-corrected chi connectivity index (χ3v) is 1.95. The molecule has 0 amide bonds. The zero-order valence-corrected chi connectivity index (χ0v) is 9.45. The Balaban J connectivity index is 2.14. The van der Waals surface area contributed by atoms with Crippen LogP contribution in [0.3, 0.4) is 0 Å². The van der Waals surface area contributed by atoms with E-state index in [1.54, 1.807) is 7.11 Å². The molecular weight excluding hydrogens is 194 g/mol. The van der Waals surface area contributed by atoms with Crippen molar-refractivity contribution in [1.29, 1.82) is 0 Å². The molecule has 1 heterocycles. The highest BCUT2D eigenvalue weighted by molar-refractivity contribution is 4.80. The van der Waals surface area contributed by atoms with E-state index >= 15 is 0 Å². The van der Waals surface area contributed by atoms with Crippen molar-refractivity contribution < 1.29 is 9.15 Å². The second kappa shape index (κ2) is 7.36. The van der Waals surface area contributed by atoms with Crippen LogP contribution in [0.25, 0.3) is 0 Å². The molecule has 1 aromatic heterocycles. The summed E-state index contributed by atoms with van der Waals surface area (Å²) in [6.45, 7) is 4.61. The van der Waals surface area contributed by atoms with Gasteiger partial charge in [-0.25, -0.2) is 0 Å². The fourth-order valence-corrected chi connectivity index (χ4v) is 1.24. The number of hydrogen-bond donors (Lipinski definition) is 1. The van der Waals surface area contributed by atoms with Crippen LogP contribution in [0.5, 0.6) is 0 Å². The molecule has 0 unspecified atom stereocenters. The first-order valence-corrected chi connectivity index (χ1v) is 5.37. The molecule has 0 saturated carbocycles. The van der Waals surface area contributed by atoms with E-state index in [0.29, 0.717) is 18.4 Å². The molecule has 0 aromatic carbocycles. The molecule has 0 fully saturated rings. The molecular formula is C10H19N3O2. The van der Waals surface area contributed by atoms with Crippen LogP contribution < -0.4 is 5.32 Å². The van der Waals surface area contributed by atoms with Gasteiger partial charge in [0.2, 0.25) is 11.8 Å². The Hall–Kier alpha value is -0.940. The molecule has 0 radical (unpaired) electrons. The summed E-state index contributed by atoms with van der Waals surface area (Å²) in [6, 6.07) is 0. The topological polar surface area (TPSA) is 60.2 Å². The van der Waals surface area contributed by atoms with Crippen LogP contribution in [0.15, 0.2) is 4.42 Å². The Kier molecular flexibility index (Phi) is 5.96. The Morgan fingerprint density at radius 1 is 1.27 bits per heavy atom. The number of aromatic nitrogens is 2. The summed E-state index contributed by atoms with van der Waals surface area (Å²) in [6.07, 6.45) is 3.01. The van der Waals surface area contributed by atoms with Gasteiger partial charge in [-0.1, -0.05) is 6.92 Å². The van der Waals surface area contributed by atoms with Crippen molar-refractivity contribution in [2.24, 2.45) is 0 Å². The number of aryl methyl sites for hydroxylation is 1. The zero-order chi connectivity index (χ0) is 10.9. The molecule has 0 aliphatic heterocycles. The Labute approximate surface area is 90.2 Å². The summed E-state index contributed by atoms with van der Waals surface area (Å²) >= 11 is 0. The predicted octanol–water partition coefficient (Wildman–Crippen LogP) is 1.15. The van der Waals surface area contributed by atoms with Gasteiger partial charge >= 0.3 is 0 Å². The Bertz CT molecular complexity index is 263. The minimum Gasteiger partial charge on any atom is -0.423 e. The highest BCUT2D eigenvalue weighted by atomic mass is 16.5. The monoisotopic (exact) mass is 213 g/mol. The minimum atomic E-state index is 0.390. The van der Waals surface area contributed by atoms with Gasteiger partial charge in [-0.15, -0.1) is 10.2 Å². The minimum absolute atomic E-state index is 0.390. The van der Waals surface area contributed by atoms with Crippen LogP contribution in [0.1, 0.15) is 31.5 Å². The number of nitrogens with zero attached hydrogens (tertiary/aromatic N) is 2. The first kappa shape index (κ1) is 12.1. The lowest BCUT2D eigenvalue weighted by Crippen LogP contribution is -2.16. The van der Waals surface area contributed by atoms with E-state index < -0.39 is 0 Å². The number of nitrogens with one attached hydrogen (secondary N) is 1. The second-order valence-electron chi connectivity index (χ2n) is 3.38. The summed E-state index contributed by atoms with van der Waals surface area (Å²) in [5, 5.41) is 11.1. The van der Waals surface area contributed by atoms with Gasteiger partial charge in [0, 0.05) is 13.5 Å². The molecule has 0 spiro atoms. The van der Waals surface area contributed by atoms with E-state index in [1.165, 1.54) is 6.42 Å². The van der Waals surface area contributed by atoms with E-state index in [1.807, 2.05) is 0 Å². The molecule has 0 atom stereocenters. The van der Waals surface area contributed by atoms with Gasteiger partial charge in [0.1, 0.15) is 6.61 Å². The van der Waals surface area contributed by atoms with Crippen LogP contribution in [-0.2, 0) is 17.8 Å². The van der Waals surface area contributed by atoms with E-state index in [0.717, 1.165) is 25.9 Å². The van der Waals surface area contributed by atoms with Gasteiger partial charge in [0.15, 0.2) is 0 Å². The predicted molar refractivity (Wildman–Crippen MR) is 56.5 cm³/mol. The van der Waals surface area contributed by atoms with Gasteiger partial charge in [0.05, 0.1) is 0 Å². The van der Waals surface area contributed by atoms with Crippen molar-refractivity contribution in [2.45, 2.75) is 32.8 Å². The largest absolute Gasteiger partial charge is 0.423 e. The van der Waals surface area contributed by atoms with Gasteiger partial charge in [-0.3, -0.25) is 0 Å². The molecule has 1 aromatic rings. The van der Waals surface area contributed by atoms with Crippen LogP contribution in [0, 0.1) is 0 Å². The molecule has 0 aliphatic carbocycles. The number of ether oxygens (including phenoxy) is 1. The molecule has 1 rings (SSSR count). The number of methoxy groups -OCH3 is 1. The van der Waals surface area contributed by atoms with Gasteiger partial charge in [-0.05, 0) is 25.9 Å². The van der Waals surface area contributed by atoms with Gasteiger partial charge in [0.25, 0.3) is 0 Å². The molecule has 1 N–H and O–H groups in total. The summed E-state index contributed by atoms with van der Waals surface area (Å²) in [4.78, 5) is 0. The second-order valence-corrected chi connectivity index (χ2v) is 3.38. The number of hydrogen-bond acceptors (Lipinski definition) is 5. The lowest BCUT2D eigenvalue weighted by atomic mass is 10.3. The zero-order valence-electron chi connectivity index (χ0n) is 9.45. The highest BCUT2D eigenvalue weighted by Crippen LogP contribution is 2.03. The molecule has 0 bridgehead atoms. The van der Waals surface area contributed by atoms with Crippen LogP contribution in [0.4, 0.5) is 0 Å². The van der Waals surface area contributed by atoms with Gasteiger partial charge in [-0.2, -0.15) is 0 Å². The average Bonchev–Trinajstić information content (AvgIpc) is 2.66. The van der Waals surface area contributed by atoms with E-state index in [-0.39, 0.29) is 0 Å². The molecule has 15 heavy (non-hydrogen) atoms. The van der Waals surface area contributed by atoms with E-state index in [2.05, 4.69) is 22.4 Å². The van der Waals surface area contributed by atoms with E-state index in [4.69, 9.17) is 9.15 Å². The molecule has 5 nitrogen and oxygen atoms in total. The molecule has 86 valence electrons. The van der Waals surface area contributed by atoms with Crippen molar-refractivity contribution in [3.8, 4) is 0 Å². The maximum absolute atomic E-state index is 5.36. The maximum Gasteiger partial charge on any atom is 0.242 e. The summed E-state index contributed by atoms with van der Waals surface area (Å²) < 4.78 is 10.2. The lowest BCUT2D eigenvalue weighted by molar-refractivity contribution is 0.158. The van der Waals surface area contributed by atoms with Crippen LogP contribution in [0.2, 0.25) is 0 Å². The summed E-state index contributed by atoms with van der Waals surface area (Å²) in [5.41, 5.74) is 0. The first-order chi connectivity index (χ1) is 7.36. The molecule has 5 heteroatoms. The van der Waals surface area contributed by atoms with Crippen molar-refractivity contribution in [3.05, 3.63) is 11.8 Å². The lowest BCUT2D eigenvalue weighted by Gasteiger charge is -1.99. The fraction of sp³-hybridized carbons (Fsp3) is 0.800. The highest BCUT2D eigenvalue weighted by Gasteiger charge is 2.04. The van der Waals surface area contributed by atoms with Crippen molar-refractivity contribution in [3.63, 3.8) is 0 Å². The van der Waals surface area contributed by atoms with Gasteiger partial charge < -0.3 is 14.5 Å². The summed E-state index contributed by atoms with van der Waals surface area (Å²) in [7, 11) is 1.61. The average molecular weight is 213 g/mol. The maximum atomic E-state index is 5.36. The fourth-order valence-electron chi connectivity index (χ4n) is 1.24. The van der Waals surface area contributed by atoms with Crippen molar-refractivity contribution >= 4 is 0 Å². The SMILES string of the molecule is CCCNCCCc1nnc(COC)o1. The van der Waals surface area contributed by atoms with Crippen LogP contribution in [-0.4, -0.2) is 30.4 Å². The third-order valence-electron chi connectivity index (χ3n) is 1.95. The smallest absolute Gasteiger partial charge is 0.242 e. The Morgan fingerprint density at radius 3 is 2.80 bits per heavy atom. The van der Waals surface area contributed by atoms with Crippen molar-refractivity contribution in [1.82, 2.24) is 15.5 Å². The normalized spacial score (nSPS) is 10.8. The first-order valence-electron chi connectivity index (χ1n) is 5.37. The number of rotatable bonds is 8. The molecule has 0 saturated heterocycles. The van der Waals surface area contributed by atoms with E-state index in [9.17, 15) is 0 Å². The van der Waals surface area contributed by atoms with Crippen molar-refractivity contribution in [2.75, 3.05) is 20.2 Å². The Morgan fingerprint density at radius 2 is 2.07 bits per heavy atom. The standard InChI is InChI=1S/C10H19N3O2/c1-3-6-11-7-4-5-9-12-13-10(15-9)8-14-2/h11H,3-8H2,1-2H3.